The van der Waals surface area contributed by atoms with Gasteiger partial charge >= 0.3 is 0 Å². The Morgan fingerprint density at radius 1 is 0.765 bits per heavy atom. The van der Waals surface area contributed by atoms with Gasteiger partial charge in [-0.25, -0.2) is 0 Å². The molecule has 0 atom stereocenters. The van der Waals surface area contributed by atoms with E-state index in [0.717, 1.165) is 0 Å². The first-order valence-corrected chi connectivity index (χ1v) is 5.07. The second-order valence-electron chi connectivity index (χ2n) is 3.85. The van der Waals surface area contributed by atoms with Gasteiger partial charge < -0.3 is 20.0 Å². The standard InChI is InChI=1S/C9H18N6O2/c1-13(2)7-10-8(14(3)4)12-9(11-7)15(5-16)6-17/h16-17H,5-6H2,1-4H3. The van der Waals surface area contributed by atoms with Gasteiger partial charge in [-0.05, 0) is 0 Å². The zero-order chi connectivity index (χ0) is 13.0. The zero-order valence-corrected chi connectivity index (χ0v) is 10.5. The molecular formula is C9H18N6O2. The van der Waals surface area contributed by atoms with Crippen LogP contribution < -0.4 is 14.7 Å². The van der Waals surface area contributed by atoms with Crippen molar-refractivity contribution < 1.29 is 10.2 Å². The van der Waals surface area contributed by atoms with Crippen LogP contribution in [0.2, 0.25) is 0 Å². The summed E-state index contributed by atoms with van der Waals surface area (Å²) in [7, 11) is 7.23. The number of rotatable bonds is 5. The van der Waals surface area contributed by atoms with Gasteiger partial charge in [-0.2, -0.15) is 15.0 Å². The second kappa shape index (κ2) is 5.60. The minimum atomic E-state index is -0.361. The SMILES string of the molecule is CN(C)c1nc(N(C)C)nc(N(CO)CO)n1. The van der Waals surface area contributed by atoms with Gasteiger partial charge in [-0.3, -0.25) is 4.90 Å². The van der Waals surface area contributed by atoms with Crippen molar-refractivity contribution in [3.63, 3.8) is 0 Å². The van der Waals surface area contributed by atoms with Crippen LogP contribution in [0.15, 0.2) is 0 Å². The van der Waals surface area contributed by atoms with E-state index in [1.165, 1.54) is 4.90 Å². The average Bonchev–Trinajstić information content (AvgIpc) is 2.30. The van der Waals surface area contributed by atoms with E-state index >= 15 is 0 Å². The Kier molecular flexibility index (Phi) is 4.41. The summed E-state index contributed by atoms with van der Waals surface area (Å²) in [6, 6.07) is 0. The molecule has 0 aliphatic rings. The van der Waals surface area contributed by atoms with E-state index in [9.17, 15) is 0 Å². The third kappa shape index (κ3) is 3.14. The van der Waals surface area contributed by atoms with Crippen LogP contribution in [0.5, 0.6) is 0 Å². The van der Waals surface area contributed by atoms with Gasteiger partial charge in [-0.1, -0.05) is 0 Å². The van der Waals surface area contributed by atoms with Gasteiger partial charge in [0, 0.05) is 28.2 Å². The molecule has 0 unspecified atom stereocenters. The molecule has 1 rings (SSSR count). The first-order valence-electron chi connectivity index (χ1n) is 5.07. The molecule has 0 radical (unpaired) electrons. The quantitative estimate of drug-likeness (QED) is 0.617. The Morgan fingerprint density at radius 2 is 1.12 bits per heavy atom. The molecule has 0 saturated carbocycles. The maximum Gasteiger partial charge on any atom is 0.235 e. The fraction of sp³-hybridized carbons (Fsp3) is 0.667. The van der Waals surface area contributed by atoms with Crippen LogP contribution in [-0.2, 0) is 0 Å². The van der Waals surface area contributed by atoms with Gasteiger partial charge in [0.05, 0.1) is 0 Å². The molecule has 0 spiro atoms. The fourth-order valence-corrected chi connectivity index (χ4v) is 1.06. The molecule has 0 aliphatic heterocycles. The van der Waals surface area contributed by atoms with E-state index in [1.807, 2.05) is 0 Å². The van der Waals surface area contributed by atoms with Crippen LogP contribution in [0.1, 0.15) is 0 Å². The van der Waals surface area contributed by atoms with E-state index in [1.54, 1.807) is 38.0 Å². The Hall–Kier alpha value is -1.67. The van der Waals surface area contributed by atoms with Crippen LogP contribution in [0.3, 0.4) is 0 Å². The molecule has 1 aromatic rings. The van der Waals surface area contributed by atoms with Gasteiger partial charge in [0.1, 0.15) is 13.5 Å². The number of hydrogen-bond acceptors (Lipinski definition) is 8. The predicted octanol–water partition coefficient (Wildman–Crippen LogP) is -1.29. The summed E-state index contributed by atoms with van der Waals surface area (Å²) in [5.74, 6) is 1.16. The van der Waals surface area contributed by atoms with Crippen molar-refractivity contribution in [3.8, 4) is 0 Å². The highest BCUT2D eigenvalue weighted by Gasteiger charge is 2.13. The van der Waals surface area contributed by atoms with E-state index in [-0.39, 0.29) is 19.4 Å². The average molecular weight is 242 g/mol. The number of aliphatic hydroxyl groups is 2. The van der Waals surface area contributed by atoms with Crippen molar-refractivity contribution in [2.45, 2.75) is 0 Å². The number of hydrogen-bond donors (Lipinski definition) is 2. The summed E-state index contributed by atoms with van der Waals surface area (Å²) in [6.07, 6.45) is 0. The Labute approximate surface area is 100 Å². The lowest BCUT2D eigenvalue weighted by Gasteiger charge is -2.21. The highest BCUT2D eigenvalue weighted by atomic mass is 16.3. The van der Waals surface area contributed by atoms with Crippen LogP contribution in [-0.4, -0.2) is 66.8 Å². The summed E-state index contributed by atoms with van der Waals surface area (Å²) in [6.45, 7) is -0.722. The van der Waals surface area contributed by atoms with Crippen molar-refractivity contribution in [1.29, 1.82) is 0 Å². The van der Waals surface area contributed by atoms with Gasteiger partial charge in [-0.15, -0.1) is 0 Å². The number of aromatic nitrogens is 3. The van der Waals surface area contributed by atoms with Crippen molar-refractivity contribution in [2.75, 3.05) is 56.4 Å². The number of anilines is 3. The third-order valence-corrected chi connectivity index (χ3v) is 2.02. The lowest BCUT2D eigenvalue weighted by Crippen LogP contribution is -2.29. The normalized spacial score (nSPS) is 10.2. The third-order valence-electron chi connectivity index (χ3n) is 2.02. The minimum Gasteiger partial charge on any atom is -0.376 e. The smallest absolute Gasteiger partial charge is 0.235 e. The Bertz CT molecular complexity index is 340. The number of aliphatic hydroxyl groups excluding tert-OH is 2. The summed E-state index contributed by atoms with van der Waals surface area (Å²) < 4.78 is 0. The zero-order valence-electron chi connectivity index (χ0n) is 10.5. The van der Waals surface area contributed by atoms with Crippen molar-refractivity contribution in [1.82, 2.24) is 15.0 Å². The van der Waals surface area contributed by atoms with Crippen LogP contribution in [0, 0.1) is 0 Å². The minimum absolute atomic E-state index is 0.234. The van der Waals surface area contributed by atoms with Crippen LogP contribution in [0.4, 0.5) is 17.8 Å². The topological polar surface area (TPSA) is 88.9 Å². The van der Waals surface area contributed by atoms with Gasteiger partial charge in [0.15, 0.2) is 0 Å². The van der Waals surface area contributed by atoms with E-state index in [0.29, 0.717) is 11.9 Å². The van der Waals surface area contributed by atoms with Gasteiger partial charge in [0.25, 0.3) is 0 Å². The summed E-state index contributed by atoms with van der Waals surface area (Å²) in [5, 5.41) is 18.2. The highest BCUT2D eigenvalue weighted by Crippen LogP contribution is 2.15. The summed E-state index contributed by atoms with van der Waals surface area (Å²) in [4.78, 5) is 17.2. The molecule has 0 bridgehead atoms. The van der Waals surface area contributed by atoms with Crippen molar-refractivity contribution in [2.24, 2.45) is 0 Å². The molecule has 17 heavy (non-hydrogen) atoms. The van der Waals surface area contributed by atoms with E-state index in [4.69, 9.17) is 10.2 Å². The molecule has 1 heterocycles. The fourth-order valence-electron chi connectivity index (χ4n) is 1.06. The molecule has 96 valence electrons. The van der Waals surface area contributed by atoms with Crippen LogP contribution >= 0.6 is 0 Å². The molecule has 0 amide bonds. The maximum atomic E-state index is 9.08. The largest absolute Gasteiger partial charge is 0.376 e. The summed E-state index contributed by atoms with van der Waals surface area (Å²) >= 11 is 0. The molecule has 0 fully saturated rings. The van der Waals surface area contributed by atoms with E-state index in [2.05, 4.69) is 15.0 Å². The molecule has 0 aliphatic carbocycles. The molecule has 1 aromatic heterocycles. The Balaban J connectivity index is 3.20. The molecule has 0 saturated heterocycles. The second-order valence-corrected chi connectivity index (χ2v) is 3.85. The molecule has 0 aromatic carbocycles. The predicted molar refractivity (Wildman–Crippen MR) is 65.1 cm³/mol. The number of nitrogens with zero attached hydrogens (tertiary/aromatic N) is 6. The highest BCUT2D eigenvalue weighted by molar-refractivity contribution is 5.44. The Morgan fingerprint density at radius 3 is 1.41 bits per heavy atom. The lowest BCUT2D eigenvalue weighted by molar-refractivity contribution is 0.220. The lowest BCUT2D eigenvalue weighted by atomic mass is 10.7. The van der Waals surface area contributed by atoms with Crippen LogP contribution in [0.25, 0.3) is 0 Å². The summed E-state index contributed by atoms with van der Waals surface area (Å²) in [5.41, 5.74) is 0. The maximum absolute atomic E-state index is 9.08. The van der Waals surface area contributed by atoms with Crippen molar-refractivity contribution >= 4 is 17.8 Å². The van der Waals surface area contributed by atoms with E-state index < -0.39 is 0 Å². The molecule has 8 heteroatoms. The molecular weight excluding hydrogens is 224 g/mol. The van der Waals surface area contributed by atoms with Crippen molar-refractivity contribution in [3.05, 3.63) is 0 Å². The monoisotopic (exact) mass is 242 g/mol. The molecule has 8 nitrogen and oxygen atoms in total. The van der Waals surface area contributed by atoms with Gasteiger partial charge in [0.2, 0.25) is 17.8 Å². The first-order chi connectivity index (χ1) is 7.99. The first kappa shape index (κ1) is 13.4. The molecule has 2 N–H and O–H groups in total.